The summed E-state index contributed by atoms with van der Waals surface area (Å²) in [5.41, 5.74) is 0.0744. The van der Waals surface area contributed by atoms with Gasteiger partial charge in [-0.15, -0.1) is 23.4 Å². The number of nitrogens with one attached hydrogen (secondary N) is 1. The van der Waals surface area contributed by atoms with Crippen LogP contribution in [-0.2, 0) is 21.2 Å². The molecule has 17 heteroatoms. The highest BCUT2D eigenvalue weighted by atomic mass is 35.5. The van der Waals surface area contributed by atoms with Crippen molar-refractivity contribution >= 4 is 27.6 Å². The van der Waals surface area contributed by atoms with Crippen molar-refractivity contribution in [3.05, 3.63) is 35.5 Å². The molecule has 0 aromatic carbocycles. The molecule has 0 saturated heterocycles. The van der Waals surface area contributed by atoms with E-state index in [1.165, 1.54) is 30.1 Å². The normalized spacial score (nSPS) is 15.5. The lowest BCUT2D eigenvalue weighted by atomic mass is 10.2. The molecule has 3 aromatic heterocycles. The molecule has 0 saturated carbocycles. The predicted molar refractivity (Wildman–Crippen MR) is 114 cm³/mol. The molecule has 1 N–H and O–H groups in total. The minimum Gasteiger partial charge on any atom is -0.485 e. The van der Waals surface area contributed by atoms with Crippen molar-refractivity contribution in [3.8, 4) is 23.0 Å². The lowest BCUT2D eigenvalue weighted by molar-refractivity contribution is -0.276. The van der Waals surface area contributed by atoms with Crippen LogP contribution in [0.25, 0.3) is 11.4 Å². The number of alkyl halides is 3. The Morgan fingerprint density at radius 1 is 1.26 bits per heavy atom. The van der Waals surface area contributed by atoms with Gasteiger partial charge in [-0.1, -0.05) is 11.6 Å². The van der Waals surface area contributed by atoms with E-state index in [4.69, 9.17) is 21.1 Å². The van der Waals surface area contributed by atoms with Gasteiger partial charge in [-0.2, -0.15) is 0 Å². The molecule has 0 amide bonds. The molecule has 1 aliphatic heterocycles. The van der Waals surface area contributed by atoms with E-state index in [2.05, 4.69) is 34.6 Å². The zero-order valence-electron chi connectivity index (χ0n) is 17.9. The fraction of sp³-hybridized carbons (Fsp3) is 0.389. The minimum absolute atomic E-state index is 0.00918. The van der Waals surface area contributed by atoms with Crippen molar-refractivity contribution in [1.82, 2.24) is 29.7 Å². The standard InChI is InChI=1S/C18H17ClF3N7O5S/c1-32-8-11-9-33-14-12(2-4-23-16(14)34-18(20,21)22)15-26-27-17(29(11)15)28-35(30,31)5-3-13-24-6-10(19)7-25-13/h2,4,6-7,11H,3,5,8-9H2,1H3,(H,27,28)/t11-/m0/s1. The fourth-order valence-corrected chi connectivity index (χ4v) is 4.34. The van der Waals surface area contributed by atoms with Crippen molar-refractivity contribution < 1.29 is 35.8 Å². The topological polar surface area (TPSA) is 143 Å². The zero-order valence-corrected chi connectivity index (χ0v) is 19.4. The van der Waals surface area contributed by atoms with Gasteiger partial charge in [0.1, 0.15) is 12.4 Å². The summed E-state index contributed by atoms with van der Waals surface area (Å²) in [5, 5.41) is 8.20. The van der Waals surface area contributed by atoms with Crippen molar-refractivity contribution in [2.75, 3.05) is 30.8 Å². The second-order valence-electron chi connectivity index (χ2n) is 7.17. The molecule has 188 valence electrons. The van der Waals surface area contributed by atoms with Crippen LogP contribution >= 0.6 is 11.6 Å². The first-order valence-electron chi connectivity index (χ1n) is 9.85. The molecule has 0 radical (unpaired) electrons. The van der Waals surface area contributed by atoms with Gasteiger partial charge in [0.25, 0.3) is 5.88 Å². The number of sulfonamides is 1. The summed E-state index contributed by atoms with van der Waals surface area (Å²) in [4.78, 5) is 11.5. The van der Waals surface area contributed by atoms with E-state index < -0.39 is 28.3 Å². The number of pyridine rings is 1. The summed E-state index contributed by atoms with van der Waals surface area (Å²) >= 11 is 5.73. The van der Waals surface area contributed by atoms with E-state index >= 15 is 0 Å². The first-order valence-corrected chi connectivity index (χ1v) is 11.9. The Balaban J connectivity index is 1.66. The van der Waals surface area contributed by atoms with Gasteiger partial charge in [-0.05, 0) is 6.07 Å². The molecule has 12 nitrogen and oxygen atoms in total. The van der Waals surface area contributed by atoms with Crippen LogP contribution in [-0.4, -0.2) is 70.6 Å². The van der Waals surface area contributed by atoms with Gasteiger partial charge in [0.15, 0.2) is 11.6 Å². The number of nitrogens with zero attached hydrogens (tertiary/aromatic N) is 6. The van der Waals surface area contributed by atoms with Crippen LogP contribution in [0.2, 0.25) is 5.02 Å². The van der Waals surface area contributed by atoms with Gasteiger partial charge < -0.3 is 14.2 Å². The third-order valence-electron chi connectivity index (χ3n) is 4.68. The third kappa shape index (κ3) is 5.88. The number of rotatable bonds is 8. The Hall–Kier alpha value is -3.24. The van der Waals surface area contributed by atoms with Gasteiger partial charge >= 0.3 is 6.36 Å². The van der Waals surface area contributed by atoms with E-state index in [-0.39, 0.29) is 54.3 Å². The van der Waals surface area contributed by atoms with Crippen LogP contribution < -0.4 is 14.2 Å². The summed E-state index contributed by atoms with van der Waals surface area (Å²) in [6.07, 6.45) is -1.24. The summed E-state index contributed by atoms with van der Waals surface area (Å²) in [5.74, 6) is -1.38. The second kappa shape index (κ2) is 9.79. The van der Waals surface area contributed by atoms with Crippen LogP contribution in [0.15, 0.2) is 24.7 Å². The van der Waals surface area contributed by atoms with Crippen molar-refractivity contribution in [1.29, 1.82) is 0 Å². The first kappa shape index (κ1) is 24.9. The number of methoxy groups -OCH3 is 1. The Morgan fingerprint density at radius 3 is 2.69 bits per heavy atom. The first-order chi connectivity index (χ1) is 16.6. The molecule has 0 fully saturated rings. The van der Waals surface area contributed by atoms with Gasteiger partial charge in [-0.3, -0.25) is 9.29 Å². The third-order valence-corrected chi connectivity index (χ3v) is 6.11. The maximum atomic E-state index is 12.8. The maximum absolute atomic E-state index is 12.8. The average Bonchev–Trinajstić information content (AvgIpc) is 3.10. The number of fused-ring (bicyclic) bond motifs is 3. The summed E-state index contributed by atoms with van der Waals surface area (Å²) in [6.45, 7) is -0.200. The highest BCUT2D eigenvalue weighted by Gasteiger charge is 2.36. The number of anilines is 1. The van der Waals surface area contributed by atoms with E-state index in [1.807, 2.05) is 0 Å². The molecule has 35 heavy (non-hydrogen) atoms. The van der Waals surface area contributed by atoms with Crippen molar-refractivity contribution in [2.24, 2.45) is 0 Å². The number of halogens is 4. The Bertz CT molecular complexity index is 1300. The van der Waals surface area contributed by atoms with Gasteiger partial charge in [0.2, 0.25) is 16.0 Å². The lowest BCUT2D eigenvalue weighted by Gasteiger charge is -2.19. The fourth-order valence-electron chi connectivity index (χ4n) is 3.27. The van der Waals surface area contributed by atoms with E-state index in [9.17, 15) is 21.6 Å². The van der Waals surface area contributed by atoms with Crippen LogP contribution in [0.1, 0.15) is 11.9 Å². The minimum atomic E-state index is -5.01. The molecule has 0 aliphatic carbocycles. The molecule has 4 heterocycles. The zero-order chi connectivity index (χ0) is 25.2. The molecular formula is C18H17ClF3N7O5S. The van der Waals surface area contributed by atoms with Crippen molar-refractivity contribution in [3.63, 3.8) is 0 Å². The number of hydrogen-bond acceptors (Lipinski definition) is 10. The molecule has 1 aliphatic rings. The summed E-state index contributed by atoms with van der Waals surface area (Å²) < 4.78 is 82.5. The average molecular weight is 536 g/mol. The van der Waals surface area contributed by atoms with Crippen LogP contribution in [0.4, 0.5) is 19.1 Å². The Labute approximate surface area is 201 Å². The molecule has 3 aromatic rings. The largest absolute Gasteiger partial charge is 0.574 e. The Kier molecular flexibility index (Phi) is 6.95. The van der Waals surface area contributed by atoms with E-state index in [1.54, 1.807) is 0 Å². The number of aromatic nitrogens is 6. The molecule has 4 rings (SSSR count). The predicted octanol–water partition coefficient (Wildman–Crippen LogP) is 2.25. The van der Waals surface area contributed by atoms with Gasteiger partial charge in [0, 0.05) is 32.1 Å². The highest BCUT2D eigenvalue weighted by molar-refractivity contribution is 7.92. The van der Waals surface area contributed by atoms with Gasteiger partial charge in [0.05, 0.1) is 29.0 Å². The maximum Gasteiger partial charge on any atom is 0.574 e. The molecular weight excluding hydrogens is 519 g/mol. The van der Waals surface area contributed by atoms with Gasteiger partial charge in [-0.25, -0.2) is 23.4 Å². The van der Waals surface area contributed by atoms with Crippen LogP contribution in [0.5, 0.6) is 11.6 Å². The SMILES string of the molecule is COC[C@H]1COc2c(ccnc2OC(F)(F)F)-c2nnc(NS(=O)(=O)CCc3ncc(Cl)cn3)n21. The second-order valence-corrected chi connectivity index (χ2v) is 9.44. The highest BCUT2D eigenvalue weighted by Crippen LogP contribution is 2.42. The quantitative estimate of drug-likeness (QED) is 0.456. The summed E-state index contributed by atoms with van der Waals surface area (Å²) in [6, 6.07) is 0.651. The van der Waals surface area contributed by atoms with E-state index in [0.717, 1.165) is 6.20 Å². The van der Waals surface area contributed by atoms with Crippen molar-refractivity contribution in [2.45, 2.75) is 18.8 Å². The number of aryl methyl sites for hydroxylation is 1. The summed E-state index contributed by atoms with van der Waals surface area (Å²) in [7, 11) is -2.56. The smallest absolute Gasteiger partial charge is 0.485 e. The number of hydrogen-bond donors (Lipinski definition) is 1. The van der Waals surface area contributed by atoms with Crippen LogP contribution in [0, 0.1) is 0 Å². The molecule has 0 bridgehead atoms. The molecule has 0 spiro atoms. The molecule has 0 unspecified atom stereocenters. The van der Waals surface area contributed by atoms with E-state index in [0.29, 0.717) is 5.02 Å². The Morgan fingerprint density at radius 2 is 2.00 bits per heavy atom. The monoisotopic (exact) mass is 535 g/mol. The lowest BCUT2D eigenvalue weighted by Crippen LogP contribution is -2.26. The molecule has 1 atom stereocenters. The number of ether oxygens (including phenoxy) is 3. The van der Waals surface area contributed by atoms with Crippen LogP contribution in [0.3, 0.4) is 0 Å².